The lowest BCUT2D eigenvalue weighted by atomic mass is 9.99. The zero-order chi connectivity index (χ0) is 27.8. The Morgan fingerprint density at radius 3 is 2.58 bits per heavy atom. The Morgan fingerprint density at radius 1 is 1.00 bits per heavy atom. The van der Waals surface area contributed by atoms with Gasteiger partial charge in [-0.3, -0.25) is 14.3 Å². The highest BCUT2D eigenvalue weighted by Gasteiger charge is 2.21. The molecular weight excluding hydrogens is 511 g/mol. The number of halogens is 1. The molecule has 198 valence electrons. The molecule has 4 aromatic heterocycles. The van der Waals surface area contributed by atoms with Gasteiger partial charge in [-0.2, -0.15) is 4.98 Å². The van der Waals surface area contributed by atoms with Crippen molar-refractivity contribution in [1.29, 1.82) is 0 Å². The predicted molar refractivity (Wildman–Crippen MR) is 151 cm³/mol. The third-order valence-corrected chi connectivity index (χ3v) is 6.53. The van der Waals surface area contributed by atoms with E-state index in [0.29, 0.717) is 50.1 Å². The molecule has 0 fully saturated rings. The molecule has 4 heterocycles. The molecule has 2 aromatic carbocycles. The van der Waals surface area contributed by atoms with Crippen molar-refractivity contribution in [2.24, 2.45) is 0 Å². The normalized spacial score (nSPS) is 12.0. The number of nitrogens with two attached hydrogens (primary N) is 1. The van der Waals surface area contributed by atoms with Gasteiger partial charge in [-0.15, -0.1) is 0 Å². The molecule has 10 nitrogen and oxygen atoms in total. The number of fused-ring (bicyclic) bond motifs is 2. The van der Waals surface area contributed by atoms with Crippen LogP contribution in [0.25, 0.3) is 38.6 Å². The first-order valence-electron chi connectivity index (χ1n) is 12.4. The molecule has 3 N–H and O–H groups in total. The fraction of sp³-hybridized carbons (Fsp3) is 0.103. The van der Waals surface area contributed by atoms with Crippen LogP contribution in [0.2, 0.25) is 0 Å². The fourth-order valence-electron chi connectivity index (χ4n) is 4.75. The van der Waals surface area contributed by atoms with E-state index in [2.05, 4.69) is 30.2 Å². The first kappa shape index (κ1) is 24.9. The molecule has 6 aromatic rings. The van der Waals surface area contributed by atoms with Gasteiger partial charge in [0.1, 0.15) is 11.3 Å². The van der Waals surface area contributed by atoms with E-state index >= 15 is 0 Å². The number of pyridine rings is 2. The van der Waals surface area contributed by atoms with Crippen molar-refractivity contribution >= 4 is 33.6 Å². The van der Waals surface area contributed by atoms with E-state index in [1.807, 2.05) is 31.2 Å². The van der Waals surface area contributed by atoms with Crippen molar-refractivity contribution in [2.45, 2.75) is 13.0 Å². The number of hydrogen-bond acceptors (Lipinski definition) is 9. The van der Waals surface area contributed by atoms with Crippen molar-refractivity contribution in [3.63, 3.8) is 0 Å². The molecule has 0 saturated carbocycles. The van der Waals surface area contributed by atoms with Crippen LogP contribution in [-0.4, -0.2) is 36.6 Å². The first-order valence-corrected chi connectivity index (χ1v) is 12.4. The Labute approximate surface area is 227 Å². The van der Waals surface area contributed by atoms with Crippen molar-refractivity contribution in [2.75, 3.05) is 18.2 Å². The molecule has 0 saturated heterocycles. The van der Waals surface area contributed by atoms with Gasteiger partial charge in [0.2, 0.25) is 5.95 Å². The number of benzene rings is 2. The van der Waals surface area contributed by atoms with Crippen LogP contribution in [0.5, 0.6) is 6.01 Å². The van der Waals surface area contributed by atoms with Gasteiger partial charge in [0.25, 0.3) is 5.56 Å². The Kier molecular flexibility index (Phi) is 6.23. The van der Waals surface area contributed by atoms with Crippen LogP contribution in [-0.2, 0) is 0 Å². The molecule has 6 rings (SSSR count). The molecular formula is C29H23FN8O2. The summed E-state index contributed by atoms with van der Waals surface area (Å²) in [5.74, 6) is 0.0346. The highest BCUT2D eigenvalue weighted by molar-refractivity contribution is 5.96. The smallest absolute Gasteiger partial charge is 0.316 e. The number of aromatic nitrogens is 6. The van der Waals surface area contributed by atoms with Crippen LogP contribution in [0, 0.1) is 5.82 Å². The summed E-state index contributed by atoms with van der Waals surface area (Å²) in [6.07, 6.45) is 4.84. The number of nitrogens with one attached hydrogen (secondary N) is 1. The largest absolute Gasteiger partial charge is 0.467 e. The van der Waals surface area contributed by atoms with Crippen LogP contribution >= 0.6 is 0 Å². The molecule has 0 bridgehead atoms. The summed E-state index contributed by atoms with van der Waals surface area (Å²) in [6, 6.07) is 16.6. The number of nitrogens with zero attached hydrogens (tertiary/aromatic N) is 6. The lowest BCUT2D eigenvalue weighted by Gasteiger charge is -2.22. The van der Waals surface area contributed by atoms with Gasteiger partial charge in [-0.1, -0.05) is 24.3 Å². The summed E-state index contributed by atoms with van der Waals surface area (Å²) in [7, 11) is 1.48. The van der Waals surface area contributed by atoms with Gasteiger partial charge in [0, 0.05) is 29.8 Å². The predicted octanol–water partition coefficient (Wildman–Crippen LogP) is 4.69. The number of rotatable bonds is 6. The molecule has 0 radical (unpaired) electrons. The van der Waals surface area contributed by atoms with Gasteiger partial charge in [-0.05, 0) is 54.3 Å². The average Bonchev–Trinajstić information content (AvgIpc) is 2.96. The average molecular weight is 535 g/mol. The number of nitrogen functional groups attached to an aromatic ring is 1. The van der Waals surface area contributed by atoms with Gasteiger partial charge in [-0.25, -0.2) is 19.3 Å². The molecule has 40 heavy (non-hydrogen) atoms. The number of hydrogen-bond donors (Lipinski definition) is 2. The summed E-state index contributed by atoms with van der Waals surface area (Å²) in [5, 5.41) is 4.47. The Morgan fingerprint density at radius 2 is 1.80 bits per heavy atom. The maximum Gasteiger partial charge on any atom is 0.316 e. The van der Waals surface area contributed by atoms with Crippen molar-refractivity contribution in [3.05, 3.63) is 101 Å². The Hall–Kier alpha value is -5.45. The maximum absolute atomic E-state index is 14.4. The van der Waals surface area contributed by atoms with E-state index in [4.69, 9.17) is 10.5 Å². The third kappa shape index (κ3) is 4.43. The van der Waals surface area contributed by atoms with Gasteiger partial charge < -0.3 is 15.8 Å². The highest BCUT2D eigenvalue weighted by atomic mass is 19.1. The lowest BCUT2D eigenvalue weighted by molar-refractivity contribution is 0.380. The quantitative estimate of drug-likeness (QED) is 0.312. The van der Waals surface area contributed by atoms with Crippen molar-refractivity contribution in [1.82, 2.24) is 29.5 Å². The first-order chi connectivity index (χ1) is 19.4. The second-order valence-corrected chi connectivity index (χ2v) is 9.09. The van der Waals surface area contributed by atoms with Crippen molar-refractivity contribution < 1.29 is 9.13 Å². The van der Waals surface area contributed by atoms with E-state index in [9.17, 15) is 9.18 Å². The maximum atomic E-state index is 14.4. The van der Waals surface area contributed by atoms with Gasteiger partial charge >= 0.3 is 6.01 Å². The van der Waals surface area contributed by atoms with Crippen LogP contribution in [0.4, 0.5) is 16.2 Å². The van der Waals surface area contributed by atoms with E-state index in [1.54, 1.807) is 42.9 Å². The second kappa shape index (κ2) is 10.0. The highest BCUT2D eigenvalue weighted by Crippen LogP contribution is 2.31. The summed E-state index contributed by atoms with van der Waals surface area (Å²) in [4.78, 5) is 35.7. The zero-order valence-electron chi connectivity index (χ0n) is 21.5. The van der Waals surface area contributed by atoms with Gasteiger partial charge in [0.05, 0.1) is 29.7 Å². The minimum absolute atomic E-state index is 0.0857. The minimum Gasteiger partial charge on any atom is -0.467 e. The molecule has 0 aliphatic rings. The zero-order valence-corrected chi connectivity index (χ0v) is 21.5. The van der Waals surface area contributed by atoms with Crippen LogP contribution < -0.4 is 21.3 Å². The third-order valence-electron chi connectivity index (χ3n) is 6.53. The summed E-state index contributed by atoms with van der Waals surface area (Å²) in [6.45, 7) is 1.88. The number of anilines is 2. The minimum atomic E-state index is -0.479. The van der Waals surface area contributed by atoms with Crippen molar-refractivity contribution in [3.8, 4) is 22.8 Å². The van der Waals surface area contributed by atoms with E-state index in [-0.39, 0.29) is 17.5 Å². The van der Waals surface area contributed by atoms with Crippen LogP contribution in [0.15, 0.2) is 84.0 Å². The molecule has 1 atom stereocenters. The summed E-state index contributed by atoms with van der Waals surface area (Å²) >= 11 is 0. The fourth-order valence-corrected chi connectivity index (χ4v) is 4.75. The summed E-state index contributed by atoms with van der Waals surface area (Å²) < 4.78 is 21.0. The lowest BCUT2D eigenvalue weighted by Crippen LogP contribution is -2.26. The molecule has 11 heteroatoms. The number of methoxy groups -OCH3 is 1. The molecule has 1 unspecified atom stereocenters. The number of ether oxygens (including phenoxy) is 1. The SMILES string of the molecule is COc1ncc(-c2cccc3cc(C(C)Nc4nc(N)nc5cccnc45)n(-c4cccc(F)c4)c(=O)c23)cn1. The molecule has 0 amide bonds. The van der Waals surface area contributed by atoms with Gasteiger partial charge in [0.15, 0.2) is 5.82 Å². The summed E-state index contributed by atoms with van der Waals surface area (Å²) in [5.41, 5.74) is 8.98. The van der Waals surface area contributed by atoms with Crippen LogP contribution in [0.3, 0.4) is 0 Å². The van der Waals surface area contributed by atoms with Crippen LogP contribution in [0.1, 0.15) is 18.7 Å². The topological polar surface area (TPSA) is 134 Å². The Balaban J connectivity index is 1.57. The van der Waals surface area contributed by atoms with E-state index in [1.165, 1.54) is 23.8 Å². The second-order valence-electron chi connectivity index (χ2n) is 9.09. The van der Waals surface area contributed by atoms with E-state index in [0.717, 1.165) is 0 Å². The molecule has 0 aliphatic carbocycles. The van der Waals surface area contributed by atoms with E-state index < -0.39 is 11.9 Å². The Bertz CT molecular complexity index is 1940. The molecule has 0 spiro atoms. The standard InChI is InChI=1S/C29H23FN8O2/c1-16(35-26-25-22(10-5-11-32-25)36-28(31)37-26)23-12-17-6-3-9-21(18-14-33-29(40-2)34-15-18)24(17)27(39)38(23)20-8-4-7-19(30)13-20/h3-16H,1-2H3,(H3,31,35,36,37). The monoisotopic (exact) mass is 534 g/mol. The molecule has 0 aliphatic heterocycles.